The smallest absolute Gasteiger partial charge is 0.141 e. The van der Waals surface area contributed by atoms with Crippen molar-refractivity contribution in [2.45, 2.75) is 6.92 Å². The lowest BCUT2D eigenvalue weighted by atomic mass is 10.1. The first-order valence-electron chi connectivity index (χ1n) is 3.65. The molecule has 3 heteroatoms. The highest BCUT2D eigenvalue weighted by Crippen LogP contribution is 2.12. The van der Waals surface area contributed by atoms with Crippen LogP contribution in [0, 0.1) is 30.4 Å². The summed E-state index contributed by atoms with van der Waals surface area (Å²) in [6.45, 7) is 1.56. The summed E-state index contributed by atoms with van der Waals surface area (Å²) >= 11 is 5.30. The van der Waals surface area contributed by atoms with Gasteiger partial charge in [-0.25, -0.2) is 8.78 Å². The SMILES string of the molecule is Cc1cc(C#CCCl)c(F)cc1F. The maximum atomic E-state index is 13.0. The van der Waals surface area contributed by atoms with E-state index in [1.807, 2.05) is 0 Å². The second-order valence-corrected chi connectivity index (χ2v) is 2.78. The molecule has 0 radical (unpaired) electrons. The van der Waals surface area contributed by atoms with Gasteiger partial charge < -0.3 is 0 Å². The molecule has 0 aliphatic carbocycles. The molecule has 0 bridgehead atoms. The first-order chi connectivity index (χ1) is 6.15. The fourth-order valence-corrected chi connectivity index (χ4v) is 0.948. The van der Waals surface area contributed by atoms with Gasteiger partial charge in [-0.1, -0.05) is 11.8 Å². The number of rotatable bonds is 0. The Bertz CT molecular complexity index is 374. The van der Waals surface area contributed by atoms with Gasteiger partial charge in [0.15, 0.2) is 0 Å². The van der Waals surface area contributed by atoms with Gasteiger partial charge in [0.2, 0.25) is 0 Å². The molecule has 0 N–H and O–H groups in total. The molecule has 0 saturated heterocycles. The third kappa shape index (κ3) is 2.43. The molecule has 68 valence electrons. The summed E-state index contributed by atoms with van der Waals surface area (Å²) < 4.78 is 25.7. The maximum Gasteiger partial charge on any atom is 0.141 e. The molecule has 1 aromatic carbocycles. The van der Waals surface area contributed by atoms with Gasteiger partial charge in [-0.05, 0) is 18.6 Å². The Kier molecular flexibility index (Phi) is 3.27. The number of benzene rings is 1. The Labute approximate surface area is 80.5 Å². The van der Waals surface area contributed by atoms with Crippen LogP contribution in [0.5, 0.6) is 0 Å². The Hall–Kier alpha value is -1.07. The van der Waals surface area contributed by atoms with E-state index in [0.29, 0.717) is 5.56 Å². The lowest BCUT2D eigenvalue weighted by Gasteiger charge is -1.98. The van der Waals surface area contributed by atoms with Crippen LogP contribution in [0.25, 0.3) is 0 Å². The minimum absolute atomic E-state index is 0.135. The van der Waals surface area contributed by atoms with Crippen LogP contribution in [-0.2, 0) is 0 Å². The number of halogens is 3. The second-order valence-electron chi connectivity index (χ2n) is 2.52. The summed E-state index contributed by atoms with van der Waals surface area (Å²) in [4.78, 5) is 0. The van der Waals surface area contributed by atoms with E-state index >= 15 is 0 Å². The van der Waals surface area contributed by atoms with Crippen molar-refractivity contribution in [1.29, 1.82) is 0 Å². The van der Waals surface area contributed by atoms with Crippen LogP contribution in [0.2, 0.25) is 0 Å². The van der Waals surface area contributed by atoms with Crippen molar-refractivity contribution in [1.82, 2.24) is 0 Å². The minimum atomic E-state index is -0.652. The van der Waals surface area contributed by atoms with Crippen molar-refractivity contribution < 1.29 is 8.78 Å². The molecular weight excluding hydrogens is 194 g/mol. The molecule has 0 nitrogen and oxygen atoms in total. The standard InChI is InChI=1S/C10H7ClF2/c1-7-5-8(3-2-4-11)10(13)6-9(7)12/h5-6H,4H2,1H3. The van der Waals surface area contributed by atoms with Gasteiger partial charge in [-0.3, -0.25) is 0 Å². The second kappa shape index (κ2) is 4.25. The van der Waals surface area contributed by atoms with E-state index in [4.69, 9.17) is 11.6 Å². The summed E-state index contributed by atoms with van der Waals surface area (Å²) in [6, 6.07) is 2.19. The first kappa shape index (κ1) is 10.0. The lowest BCUT2D eigenvalue weighted by molar-refractivity contribution is 0.575. The highest BCUT2D eigenvalue weighted by atomic mass is 35.5. The summed E-state index contributed by atoms with van der Waals surface area (Å²) in [6.07, 6.45) is 0. The number of hydrogen-bond donors (Lipinski definition) is 0. The highest BCUT2D eigenvalue weighted by Gasteiger charge is 2.04. The van der Waals surface area contributed by atoms with Crippen LogP contribution in [0.15, 0.2) is 12.1 Å². The van der Waals surface area contributed by atoms with E-state index in [-0.39, 0.29) is 11.4 Å². The number of alkyl halides is 1. The Balaban J connectivity index is 3.16. The van der Waals surface area contributed by atoms with Crippen molar-refractivity contribution in [3.8, 4) is 11.8 Å². The molecule has 0 spiro atoms. The lowest BCUT2D eigenvalue weighted by Crippen LogP contribution is -1.90. The van der Waals surface area contributed by atoms with Gasteiger partial charge in [0, 0.05) is 6.07 Å². The quantitative estimate of drug-likeness (QED) is 0.446. The molecule has 0 heterocycles. The summed E-state index contributed by atoms with van der Waals surface area (Å²) in [5.41, 5.74) is 0.555. The molecule has 0 atom stereocenters. The monoisotopic (exact) mass is 200 g/mol. The molecule has 0 fully saturated rings. The van der Waals surface area contributed by atoms with Crippen molar-refractivity contribution >= 4 is 11.6 Å². The molecule has 0 aliphatic heterocycles. The van der Waals surface area contributed by atoms with Crippen LogP contribution in [-0.4, -0.2) is 5.88 Å². The number of aryl methyl sites for hydroxylation is 1. The van der Waals surface area contributed by atoms with Crippen LogP contribution in [0.3, 0.4) is 0 Å². The largest absolute Gasteiger partial charge is 0.207 e. The third-order valence-corrected chi connectivity index (χ3v) is 1.67. The molecule has 1 aromatic rings. The van der Waals surface area contributed by atoms with Crippen molar-refractivity contribution in [2.24, 2.45) is 0 Å². The summed E-state index contributed by atoms with van der Waals surface area (Å²) in [7, 11) is 0. The summed E-state index contributed by atoms with van der Waals surface area (Å²) in [5.74, 6) is 3.93. The molecule has 0 aromatic heterocycles. The topological polar surface area (TPSA) is 0 Å². The molecule has 13 heavy (non-hydrogen) atoms. The molecule has 0 unspecified atom stereocenters. The van der Waals surface area contributed by atoms with Crippen LogP contribution in [0.1, 0.15) is 11.1 Å². The average Bonchev–Trinajstić information content (AvgIpc) is 2.09. The Morgan fingerprint density at radius 2 is 2.00 bits per heavy atom. The fourth-order valence-electron chi connectivity index (χ4n) is 0.882. The van der Waals surface area contributed by atoms with E-state index in [2.05, 4.69) is 11.8 Å². The van der Waals surface area contributed by atoms with Gasteiger partial charge in [0.05, 0.1) is 11.4 Å². The third-order valence-electron chi connectivity index (χ3n) is 1.54. The summed E-state index contributed by atoms with van der Waals surface area (Å²) in [5, 5.41) is 0. The van der Waals surface area contributed by atoms with Gasteiger partial charge >= 0.3 is 0 Å². The van der Waals surface area contributed by atoms with Gasteiger partial charge in [-0.2, -0.15) is 0 Å². The van der Waals surface area contributed by atoms with Crippen molar-refractivity contribution in [3.63, 3.8) is 0 Å². The molecule has 0 saturated carbocycles. The molecular formula is C10H7ClF2. The Morgan fingerprint density at radius 1 is 1.31 bits per heavy atom. The van der Waals surface area contributed by atoms with Crippen molar-refractivity contribution in [3.05, 3.63) is 34.9 Å². The first-order valence-corrected chi connectivity index (χ1v) is 4.19. The fraction of sp³-hybridized carbons (Fsp3) is 0.200. The zero-order chi connectivity index (χ0) is 9.84. The Morgan fingerprint density at radius 3 is 2.62 bits per heavy atom. The molecule has 0 amide bonds. The van der Waals surface area contributed by atoms with E-state index in [1.54, 1.807) is 6.92 Å². The highest BCUT2D eigenvalue weighted by molar-refractivity contribution is 6.19. The van der Waals surface area contributed by atoms with Gasteiger partial charge in [0.1, 0.15) is 11.6 Å². The van der Waals surface area contributed by atoms with E-state index in [1.165, 1.54) is 6.07 Å². The predicted molar refractivity (Wildman–Crippen MR) is 48.7 cm³/mol. The normalized spacial score (nSPS) is 9.23. The van der Waals surface area contributed by atoms with E-state index in [9.17, 15) is 8.78 Å². The predicted octanol–water partition coefficient (Wildman–Crippen LogP) is 2.86. The van der Waals surface area contributed by atoms with Gasteiger partial charge in [0.25, 0.3) is 0 Å². The molecule has 0 aliphatic rings. The zero-order valence-corrected chi connectivity index (χ0v) is 7.75. The van der Waals surface area contributed by atoms with E-state index < -0.39 is 11.6 Å². The zero-order valence-electron chi connectivity index (χ0n) is 7.00. The van der Waals surface area contributed by atoms with E-state index in [0.717, 1.165) is 6.07 Å². The van der Waals surface area contributed by atoms with Crippen molar-refractivity contribution in [2.75, 3.05) is 5.88 Å². The minimum Gasteiger partial charge on any atom is -0.207 e. The van der Waals surface area contributed by atoms with Crippen LogP contribution < -0.4 is 0 Å². The van der Waals surface area contributed by atoms with Gasteiger partial charge in [-0.15, -0.1) is 11.6 Å². The number of hydrogen-bond acceptors (Lipinski definition) is 0. The van der Waals surface area contributed by atoms with Crippen LogP contribution in [0.4, 0.5) is 8.78 Å². The van der Waals surface area contributed by atoms with Crippen LogP contribution >= 0.6 is 11.6 Å². The molecule has 1 rings (SSSR count). The average molecular weight is 201 g/mol. The maximum absolute atomic E-state index is 13.0.